The van der Waals surface area contributed by atoms with Gasteiger partial charge in [-0.2, -0.15) is 0 Å². The SMILES string of the molecule is CN1CCN(Cc2cccc(N)c2)CC1(C)C. The van der Waals surface area contributed by atoms with Crippen LogP contribution in [0.5, 0.6) is 0 Å². The van der Waals surface area contributed by atoms with E-state index >= 15 is 0 Å². The number of benzene rings is 1. The summed E-state index contributed by atoms with van der Waals surface area (Å²) in [7, 11) is 2.21. The molecule has 2 rings (SSSR count). The molecular weight excluding hydrogens is 210 g/mol. The van der Waals surface area contributed by atoms with E-state index in [2.05, 4.69) is 42.8 Å². The van der Waals surface area contributed by atoms with E-state index in [1.807, 2.05) is 12.1 Å². The van der Waals surface area contributed by atoms with Crippen LogP contribution < -0.4 is 5.73 Å². The third-order valence-corrected chi connectivity index (χ3v) is 3.75. The molecule has 0 atom stereocenters. The standard InChI is InChI=1S/C14H23N3/c1-14(2)11-17(8-7-16(14)3)10-12-5-4-6-13(15)9-12/h4-6,9H,7-8,10-11,15H2,1-3H3. The van der Waals surface area contributed by atoms with Crippen LogP contribution in [0, 0.1) is 0 Å². The molecule has 2 N–H and O–H groups in total. The van der Waals surface area contributed by atoms with Crippen molar-refractivity contribution in [1.29, 1.82) is 0 Å². The largest absolute Gasteiger partial charge is 0.399 e. The van der Waals surface area contributed by atoms with Crippen molar-refractivity contribution in [3.63, 3.8) is 0 Å². The number of nitrogen functional groups attached to an aromatic ring is 1. The molecule has 1 fully saturated rings. The van der Waals surface area contributed by atoms with Crippen LogP contribution in [-0.2, 0) is 6.54 Å². The molecule has 0 saturated carbocycles. The Hall–Kier alpha value is -1.06. The molecule has 1 aromatic rings. The maximum Gasteiger partial charge on any atom is 0.0317 e. The van der Waals surface area contributed by atoms with Crippen molar-refractivity contribution in [3.05, 3.63) is 29.8 Å². The van der Waals surface area contributed by atoms with E-state index in [1.165, 1.54) is 5.56 Å². The molecule has 1 aliphatic rings. The van der Waals surface area contributed by atoms with Crippen LogP contribution in [0.2, 0.25) is 0 Å². The second kappa shape index (κ2) is 4.67. The number of nitrogens with two attached hydrogens (primary N) is 1. The Bertz CT molecular complexity index is 387. The Morgan fingerprint density at radius 1 is 1.29 bits per heavy atom. The first-order chi connectivity index (χ1) is 7.97. The Kier molecular flexibility index (Phi) is 3.40. The summed E-state index contributed by atoms with van der Waals surface area (Å²) in [6.07, 6.45) is 0. The van der Waals surface area contributed by atoms with Crippen molar-refractivity contribution in [1.82, 2.24) is 9.80 Å². The van der Waals surface area contributed by atoms with Crippen LogP contribution in [0.4, 0.5) is 5.69 Å². The fraction of sp³-hybridized carbons (Fsp3) is 0.571. The Labute approximate surface area is 104 Å². The van der Waals surface area contributed by atoms with E-state index in [0.717, 1.165) is 31.9 Å². The average molecular weight is 233 g/mol. The number of likely N-dealkylation sites (N-methyl/N-ethyl adjacent to an activating group) is 1. The van der Waals surface area contributed by atoms with Crippen molar-refractivity contribution in [2.24, 2.45) is 0 Å². The van der Waals surface area contributed by atoms with Crippen molar-refractivity contribution < 1.29 is 0 Å². The molecule has 0 aliphatic carbocycles. The van der Waals surface area contributed by atoms with Crippen LogP contribution in [0.3, 0.4) is 0 Å². The Morgan fingerprint density at radius 2 is 2.06 bits per heavy atom. The lowest BCUT2D eigenvalue weighted by atomic mass is 9.99. The lowest BCUT2D eigenvalue weighted by molar-refractivity contribution is 0.0360. The number of piperazine rings is 1. The minimum Gasteiger partial charge on any atom is -0.399 e. The molecule has 94 valence electrons. The molecule has 0 aromatic heterocycles. The number of hydrogen-bond donors (Lipinski definition) is 1. The predicted molar refractivity (Wildman–Crippen MR) is 72.8 cm³/mol. The Morgan fingerprint density at radius 3 is 2.71 bits per heavy atom. The molecule has 0 amide bonds. The van der Waals surface area contributed by atoms with Gasteiger partial charge in [-0.15, -0.1) is 0 Å². The molecule has 17 heavy (non-hydrogen) atoms. The molecule has 0 spiro atoms. The molecular formula is C14H23N3. The van der Waals surface area contributed by atoms with Crippen LogP contribution in [0.15, 0.2) is 24.3 Å². The lowest BCUT2D eigenvalue weighted by Crippen LogP contribution is -2.57. The summed E-state index contributed by atoms with van der Waals surface area (Å²) < 4.78 is 0. The first kappa shape index (κ1) is 12.4. The molecule has 1 aliphatic heterocycles. The molecule has 0 bridgehead atoms. The van der Waals surface area contributed by atoms with Gasteiger partial charge < -0.3 is 5.73 Å². The fourth-order valence-electron chi connectivity index (χ4n) is 2.43. The van der Waals surface area contributed by atoms with Crippen LogP contribution in [0.1, 0.15) is 19.4 Å². The van der Waals surface area contributed by atoms with Crippen molar-refractivity contribution >= 4 is 5.69 Å². The van der Waals surface area contributed by atoms with Gasteiger partial charge in [0, 0.05) is 37.4 Å². The quantitative estimate of drug-likeness (QED) is 0.791. The topological polar surface area (TPSA) is 32.5 Å². The minimum absolute atomic E-state index is 0.262. The molecule has 3 heteroatoms. The first-order valence-corrected chi connectivity index (χ1v) is 6.25. The summed E-state index contributed by atoms with van der Waals surface area (Å²) in [5.74, 6) is 0. The van der Waals surface area contributed by atoms with Crippen LogP contribution in [0.25, 0.3) is 0 Å². The molecule has 0 unspecified atom stereocenters. The maximum absolute atomic E-state index is 5.81. The monoisotopic (exact) mass is 233 g/mol. The van der Waals surface area contributed by atoms with Gasteiger partial charge in [-0.3, -0.25) is 9.80 Å². The van der Waals surface area contributed by atoms with Gasteiger partial charge in [0.25, 0.3) is 0 Å². The van der Waals surface area contributed by atoms with Gasteiger partial charge in [-0.25, -0.2) is 0 Å². The maximum atomic E-state index is 5.81. The minimum atomic E-state index is 0.262. The smallest absolute Gasteiger partial charge is 0.0317 e. The van der Waals surface area contributed by atoms with E-state index in [4.69, 9.17) is 5.73 Å². The van der Waals surface area contributed by atoms with E-state index in [-0.39, 0.29) is 5.54 Å². The highest BCUT2D eigenvalue weighted by Crippen LogP contribution is 2.20. The summed E-state index contributed by atoms with van der Waals surface area (Å²) in [6.45, 7) is 8.99. The van der Waals surface area contributed by atoms with Crippen molar-refractivity contribution in [2.75, 3.05) is 32.4 Å². The average Bonchev–Trinajstić information content (AvgIpc) is 2.23. The van der Waals surface area contributed by atoms with Crippen LogP contribution >= 0.6 is 0 Å². The van der Waals surface area contributed by atoms with E-state index in [0.29, 0.717) is 0 Å². The van der Waals surface area contributed by atoms with E-state index in [1.54, 1.807) is 0 Å². The third kappa shape index (κ3) is 2.99. The number of anilines is 1. The third-order valence-electron chi connectivity index (χ3n) is 3.75. The van der Waals surface area contributed by atoms with Crippen molar-refractivity contribution in [3.8, 4) is 0 Å². The molecule has 1 saturated heterocycles. The van der Waals surface area contributed by atoms with Gasteiger partial charge in [-0.1, -0.05) is 12.1 Å². The van der Waals surface area contributed by atoms with Gasteiger partial charge >= 0.3 is 0 Å². The number of nitrogens with zero attached hydrogens (tertiary/aromatic N) is 2. The molecule has 1 heterocycles. The zero-order valence-electron chi connectivity index (χ0n) is 11.1. The first-order valence-electron chi connectivity index (χ1n) is 6.25. The number of rotatable bonds is 2. The van der Waals surface area contributed by atoms with Gasteiger partial charge in [-0.05, 0) is 38.6 Å². The second-order valence-electron chi connectivity index (χ2n) is 5.69. The van der Waals surface area contributed by atoms with Crippen molar-refractivity contribution in [2.45, 2.75) is 25.9 Å². The predicted octanol–water partition coefficient (Wildman–Crippen LogP) is 1.79. The zero-order valence-corrected chi connectivity index (χ0v) is 11.1. The number of hydrogen-bond acceptors (Lipinski definition) is 3. The van der Waals surface area contributed by atoms with Gasteiger partial charge in [0.15, 0.2) is 0 Å². The summed E-state index contributed by atoms with van der Waals surface area (Å²) >= 11 is 0. The summed E-state index contributed by atoms with van der Waals surface area (Å²) in [4.78, 5) is 4.94. The summed E-state index contributed by atoms with van der Waals surface area (Å²) in [5, 5.41) is 0. The molecule has 3 nitrogen and oxygen atoms in total. The van der Waals surface area contributed by atoms with E-state index in [9.17, 15) is 0 Å². The summed E-state index contributed by atoms with van der Waals surface area (Å²) in [6, 6.07) is 8.20. The highest BCUT2D eigenvalue weighted by Gasteiger charge is 2.30. The highest BCUT2D eigenvalue weighted by molar-refractivity contribution is 5.40. The molecule has 1 aromatic carbocycles. The zero-order chi connectivity index (χ0) is 12.5. The van der Waals surface area contributed by atoms with Gasteiger partial charge in [0.1, 0.15) is 0 Å². The summed E-state index contributed by atoms with van der Waals surface area (Å²) in [5.41, 5.74) is 8.24. The lowest BCUT2D eigenvalue weighted by Gasteiger charge is -2.45. The highest BCUT2D eigenvalue weighted by atomic mass is 15.3. The van der Waals surface area contributed by atoms with Crippen LogP contribution in [-0.4, -0.2) is 42.0 Å². The van der Waals surface area contributed by atoms with Gasteiger partial charge in [0.05, 0.1) is 0 Å². The Balaban J connectivity index is 2.01. The normalized spacial score (nSPS) is 21.6. The fourth-order valence-corrected chi connectivity index (χ4v) is 2.43. The van der Waals surface area contributed by atoms with Gasteiger partial charge in [0.2, 0.25) is 0 Å². The van der Waals surface area contributed by atoms with E-state index < -0.39 is 0 Å². The molecule has 0 radical (unpaired) electrons. The second-order valence-corrected chi connectivity index (χ2v) is 5.69.